The number of carbonyl (C=O) groups excluding carboxylic acids is 1. The monoisotopic (exact) mass is 230 g/mol. The number of rotatable bonds is 3. The molecule has 1 aliphatic rings. The van der Waals surface area contributed by atoms with Crippen LogP contribution in [0.5, 0.6) is 0 Å². The highest BCUT2D eigenvalue weighted by atomic mass is 16.6. The lowest BCUT2D eigenvalue weighted by molar-refractivity contribution is 0.0244. The summed E-state index contributed by atoms with van der Waals surface area (Å²) in [5.41, 5.74) is -0.440. The fourth-order valence-electron chi connectivity index (χ4n) is 1.48. The van der Waals surface area contributed by atoms with Crippen LogP contribution in [0.4, 0.5) is 4.79 Å². The van der Waals surface area contributed by atoms with Crippen molar-refractivity contribution in [2.75, 3.05) is 26.4 Å². The molecule has 1 unspecified atom stereocenters. The molecule has 0 aromatic heterocycles. The lowest BCUT2D eigenvalue weighted by Crippen LogP contribution is -2.44. The number of hydrogen-bond acceptors (Lipinski definition) is 4. The van der Waals surface area contributed by atoms with Gasteiger partial charge in [-0.05, 0) is 27.7 Å². The van der Waals surface area contributed by atoms with E-state index in [0.717, 1.165) is 0 Å². The van der Waals surface area contributed by atoms with Crippen molar-refractivity contribution in [3.05, 3.63) is 0 Å². The maximum atomic E-state index is 11.8. The lowest BCUT2D eigenvalue weighted by atomic mass is 10.2. The fourth-order valence-corrected chi connectivity index (χ4v) is 1.48. The Morgan fingerprint density at radius 3 is 2.69 bits per heavy atom. The van der Waals surface area contributed by atoms with Crippen LogP contribution in [0.15, 0.2) is 0 Å². The van der Waals surface area contributed by atoms with Gasteiger partial charge in [-0.1, -0.05) is 0 Å². The predicted octanol–water partition coefficient (Wildman–Crippen LogP) is 1.19. The van der Waals surface area contributed by atoms with Gasteiger partial charge in [0.2, 0.25) is 0 Å². The molecule has 94 valence electrons. The average Bonchev–Trinajstić information content (AvgIpc) is 2.63. The van der Waals surface area contributed by atoms with Gasteiger partial charge < -0.3 is 14.4 Å². The second kappa shape index (κ2) is 5.50. The van der Waals surface area contributed by atoms with Crippen LogP contribution in [0.1, 0.15) is 27.7 Å². The summed E-state index contributed by atoms with van der Waals surface area (Å²) >= 11 is 0. The van der Waals surface area contributed by atoms with Gasteiger partial charge in [-0.2, -0.15) is 0 Å². The minimum absolute atomic E-state index is 0.215. The molecule has 1 atom stereocenters. The van der Waals surface area contributed by atoms with Crippen molar-refractivity contribution in [1.29, 1.82) is 0 Å². The molecule has 0 bridgehead atoms. The summed E-state index contributed by atoms with van der Waals surface area (Å²) < 4.78 is 10.5. The first-order valence-electron chi connectivity index (χ1n) is 5.71. The van der Waals surface area contributed by atoms with E-state index in [1.807, 2.05) is 27.7 Å². The molecule has 0 aromatic carbocycles. The number of amides is 1. The normalized spacial score (nSPS) is 20.9. The van der Waals surface area contributed by atoms with Crippen LogP contribution in [-0.2, 0) is 9.47 Å². The summed E-state index contributed by atoms with van der Waals surface area (Å²) in [6.07, 6.45) is -0.260. The predicted molar refractivity (Wildman–Crippen MR) is 61.2 cm³/mol. The Bertz CT molecular complexity index is 232. The van der Waals surface area contributed by atoms with E-state index in [9.17, 15) is 4.79 Å². The minimum atomic E-state index is -0.440. The van der Waals surface area contributed by atoms with Gasteiger partial charge in [-0.3, -0.25) is 5.32 Å². The van der Waals surface area contributed by atoms with Gasteiger partial charge in [0.1, 0.15) is 5.60 Å². The molecule has 0 radical (unpaired) electrons. The third kappa shape index (κ3) is 4.37. The summed E-state index contributed by atoms with van der Waals surface area (Å²) in [4.78, 5) is 13.5. The second-order valence-corrected chi connectivity index (χ2v) is 4.94. The number of ether oxygens (including phenoxy) is 2. The zero-order valence-corrected chi connectivity index (χ0v) is 10.6. The maximum absolute atomic E-state index is 11.8. The average molecular weight is 230 g/mol. The fraction of sp³-hybridized carbons (Fsp3) is 0.909. The smallest absolute Gasteiger partial charge is 0.410 e. The van der Waals surface area contributed by atoms with Crippen LogP contribution in [0, 0.1) is 0 Å². The molecular weight excluding hydrogens is 208 g/mol. The summed E-state index contributed by atoms with van der Waals surface area (Å²) in [7, 11) is 0. The van der Waals surface area contributed by atoms with Gasteiger partial charge in [0.05, 0.1) is 19.4 Å². The molecule has 5 nitrogen and oxygen atoms in total. The molecule has 16 heavy (non-hydrogen) atoms. The minimum Gasteiger partial charge on any atom is -0.444 e. The third-order valence-electron chi connectivity index (χ3n) is 2.27. The van der Waals surface area contributed by atoms with Crippen LogP contribution in [0.2, 0.25) is 0 Å². The van der Waals surface area contributed by atoms with E-state index in [-0.39, 0.29) is 12.1 Å². The number of nitrogens with zero attached hydrogens (tertiary/aromatic N) is 1. The van der Waals surface area contributed by atoms with E-state index in [1.165, 1.54) is 0 Å². The van der Waals surface area contributed by atoms with Gasteiger partial charge in [-0.25, -0.2) is 4.79 Å². The van der Waals surface area contributed by atoms with Crippen molar-refractivity contribution < 1.29 is 14.3 Å². The van der Waals surface area contributed by atoms with E-state index in [2.05, 4.69) is 5.32 Å². The standard InChI is InChI=1S/C11H22N2O3/c1-5-13(6-9-7-15-8-12-9)10(14)16-11(2,3)4/h9,12H,5-8H2,1-4H3. The van der Waals surface area contributed by atoms with Crippen LogP contribution in [0.25, 0.3) is 0 Å². The number of hydrogen-bond donors (Lipinski definition) is 1. The summed E-state index contributed by atoms with van der Waals surface area (Å²) in [6.45, 7) is 10.1. The van der Waals surface area contributed by atoms with Crippen LogP contribution in [-0.4, -0.2) is 49.1 Å². The summed E-state index contributed by atoms with van der Waals surface area (Å²) in [5, 5.41) is 3.17. The van der Waals surface area contributed by atoms with Gasteiger partial charge in [-0.15, -0.1) is 0 Å². The van der Waals surface area contributed by atoms with Crippen molar-refractivity contribution in [1.82, 2.24) is 10.2 Å². The van der Waals surface area contributed by atoms with Crippen LogP contribution < -0.4 is 5.32 Å². The van der Waals surface area contributed by atoms with Crippen LogP contribution >= 0.6 is 0 Å². The number of nitrogens with one attached hydrogen (secondary N) is 1. The molecule has 1 saturated heterocycles. The van der Waals surface area contributed by atoms with Crippen LogP contribution in [0.3, 0.4) is 0 Å². The Morgan fingerprint density at radius 1 is 1.56 bits per heavy atom. The third-order valence-corrected chi connectivity index (χ3v) is 2.27. The van der Waals surface area contributed by atoms with Gasteiger partial charge in [0, 0.05) is 13.1 Å². The molecule has 0 aromatic rings. The van der Waals surface area contributed by atoms with E-state index >= 15 is 0 Å². The Kier molecular flexibility index (Phi) is 4.56. The largest absolute Gasteiger partial charge is 0.444 e. The van der Waals surface area contributed by atoms with Crippen molar-refractivity contribution in [3.8, 4) is 0 Å². The van der Waals surface area contributed by atoms with Gasteiger partial charge in [0.25, 0.3) is 0 Å². The van der Waals surface area contributed by atoms with Crippen molar-refractivity contribution in [2.24, 2.45) is 0 Å². The topological polar surface area (TPSA) is 50.8 Å². The highest BCUT2D eigenvalue weighted by Crippen LogP contribution is 2.10. The first-order chi connectivity index (χ1) is 7.42. The van der Waals surface area contributed by atoms with Crippen molar-refractivity contribution in [3.63, 3.8) is 0 Å². The Balaban J connectivity index is 2.43. The molecule has 0 spiro atoms. The van der Waals surface area contributed by atoms with E-state index < -0.39 is 5.60 Å². The molecule has 1 amide bonds. The molecule has 1 fully saturated rings. The van der Waals surface area contributed by atoms with Crippen molar-refractivity contribution in [2.45, 2.75) is 39.3 Å². The molecule has 1 heterocycles. The summed E-state index contributed by atoms with van der Waals surface area (Å²) in [5.74, 6) is 0. The van der Waals surface area contributed by atoms with E-state index in [1.54, 1.807) is 4.90 Å². The zero-order chi connectivity index (χ0) is 12.2. The maximum Gasteiger partial charge on any atom is 0.410 e. The zero-order valence-electron chi connectivity index (χ0n) is 10.6. The molecule has 0 saturated carbocycles. The molecule has 5 heteroatoms. The summed E-state index contributed by atoms with van der Waals surface area (Å²) in [6, 6.07) is 0.215. The first-order valence-corrected chi connectivity index (χ1v) is 5.71. The SMILES string of the molecule is CCN(CC1COCN1)C(=O)OC(C)(C)C. The van der Waals surface area contributed by atoms with E-state index in [4.69, 9.17) is 9.47 Å². The Labute approximate surface area is 97.1 Å². The molecular formula is C11H22N2O3. The van der Waals surface area contributed by atoms with Gasteiger partial charge in [0.15, 0.2) is 0 Å². The van der Waals surface area contributed by atoms with E-state index in [0.29, 0.717) is 26.4 Å². The highest BCUT2D eigenvalue weighted by molar-refractivity contribution is 5.68. The first kappa shape index (κ1) is 13.3. The molecule has 1 N–H and O–H groups in total. The molecule has 0 aliphatic carbocycles. The second-order valence-electron chi connectivity index (χ2n) is 4.94. The Morgan fingerprint density at radius 2 is 2.25 bits per heavy atom. The lowest BCUT2D eigenvalue weighted by Gasteiger charge is -2.28. The Hall–Kier alpha value is -0.810. The molecule has 1 aliphatic heterocycles. The quantitative estimate of drug-likeness (QED) is 0.791. The number of likely N-dealkylation sites (N-methyl/N-ethyl adjacent to an activating group) is 1. The van der Waals surface area contributed by atoms with Crippen molar-refractivity contribution >= 4 is 6.09 Å². The van der Waals surface area contributed by atoms with Gasteiger partial charge >= 0.3 is 6.09 Å². The number of carbonyl (C=O) groups is 1. The highest BCUT2D eigenvalue weighted by Gasteiger charge is 2.24. The molecule has 1 rings (SSSR count).